The number of halogens is 1. The molecule has 0 aliphatic rings. The third-order valence-corrected chi connectivity index (χ3v) is 3.14. The standard InChI is InChI=1S/C14H14ClN3O3/c1-2-18-8-10(15)5-12(18)13(19)17-7-9-3-4-11(14(20)21)16-6-9/h3-6,8H,2,7H2,1H3,(H,17,19)(H,20,21). The summed E-state index contributed by atoms with van der Waals surface area (Å²) >= 11 is 5.89. The molecule has 2 aromatic rings. The van der Waals surface area contributed by atoms with Gasteiger partial charge < -0.3 is 15.0 Å². The van der Waals surface area contributed by atoms with Crippen LogP contribution in [0.1, 0.15) is 33.5 Å². The zero-order valence-corrected chi connectivity index (χ0v) is 12.1. The maximum Gasteiger partial charge on any atom is 0.354 e. The molecule has 0 spiro atoms. The van der Waals surface area contributed by atoms with Gasteiger partial charge in [0.15, 0.2) is 0 Å². The SMILES string of the molecule is CCn1cc(Cl)cc1C(=O)NCc1ccc(C(=O)O)nc1. The predicted octanol–water partition coefficient (Wildman–Crippen LogP) is 2.18. The summed E-state index contributed by atoms with van der Waals surface area (Å²) in [4.78, 5) is 26.6. The minimum absolute atomic E-state index is 0.0308. The summed E-state index contributed by atoms with van der Waals surface area (Å²) in [6.45, 7) is 2.82. The number of nitrogens with one attached hydrogen (secondary N) is 1. The van der Waals surface area contributed by atoms with Crippen LogP contribution >= 0.6 is 11.6 Å². The van der Waals surface area contributed by atoms with Crippen molar-refractivity contribution in [1.29, 1.82) is 0 Å². The molecule has 0 aromatic carbocycles. The second-order valence-electron chi connectivity index (χ2n) is 4.37. The highest BCUT2D eigenvalue weighted by atomic mass is 35.5. The Morgan fingerprint density at radius 2 is 2.19 bits per heavy atom. The third-order valence-electron chi connectivity index (χ3n) is 2.93. The summed E-state index contributed by atoms with van der Waals surface area (Å²) in [6, 6.07) is 4.62. The average Bonchev–Trinajstić information content (AvgIpc) is 2.86. The van der Waals surface area contributed by atoms with Crippen molar-refractivity contribution in [2.24, 2.45) is 0 Å². The molecule has 6 nitrogen and oxygen atoms in total. The first-order valence-electron chi connectivity index (χ1n) is 6.33. The Bertz CT molecular complexity index is 665. The van der Waals surface area contributed by atoms with E-state index in [2.05, 4.69) is 10.3 Å². The van der Waals surface area contributed by atoms with Crippen LogP contribution in [-0.4, -0.2) is 26.5 Å². The molecular weight excluding hydrogens is 294 g/mol. The Morgan fingerprint density at radius 3 is 2.76 bits per heavy atom. The van der Waals surface area contributed by atoms with Crippen molar-refractivity contribution in [2.75, 3.05) is 0 Å². The van der Waals surface area contributed by atoms with E-state index >= 15 is 0 Å². The van der Waals surface area contributed by atoms with Gasteiger partial charge in [-0.05, 0) is 24.6 Å². The van der Waals surface area contributed by atoms with E-state index in [-0.39, 0.29) is 18.1 Å². The first-order chi connectivity index (χ1) is 10.0. The van der Waals surface area contributed by atoms with Gasteiger partial charge >= 0.3 is 5.97 Å². The molecule has 0 saturated heterocycles. The Kier molecular flexibility index (Phi) is 4.59. The van der Waals surface area contributed by atoms with Crippen LogP contribution in [0.25, 0.3) is 0 Å². The van der Waals surface area contributed by atoms with Crippen molar-refractivity contribution >= 4 is 23.5 Å². The number of rotatable bonds is 5. The van der Waals surface area contributed by atoms with E-state index < -0.39 is 5.97 Å². The summed E-state index contributed by atoms with van der Waals surface area (Å²) < 4.78 is 1.75. The molecule has 2 heterocycles. The molecule has 2 rings (SSSR count). The number of nitrogens with zero attached hydrogens (tertiary/aromatic N) is 2. The van der Waals surface area contributed by atoms with Crippen LogP contribution in [-0.2, 0) is 13.1 Å². The van der Waals surface area contributed by atoms with Crippen LogP contribution in [0.2, 0.25) is 5.02 Å². The second-order valence-corrected chi connectivity index (χ2v) is 4.81. The van der Waals surface area contributed by atoms with E-state index in [0.29, 0.717) is 22.8 Å². The number of hydrogen-bond acceptors (Lipinski definition) is 3. The monoisotopic (exact) mass is 307 g/mol. The Labute approximate surface area is 126 Å². The van der Waals surface area contributed by atoms with Crippen molar-refractivity contribution in [3.63, 3.8) is 0 Å². The molecule has 2 aromatic heterocycles. The van der Waals surface area contributed by atoms with Gasteiger partial charge in [-0.3, -0.25) is 4.79 Å². The molecule has 0 unspecified atom stereocenters. The van der Waals surface area contributed by atoms with Crippen LogP contribution in [0.5, 0.6) is 0 Å². The quantitative estimate of drug-likeness (QED) is 0.886. The van der Waals surface area contributed by atoms with Gasteiger partial charge in [0, 0.05) is 25.5 Å². The number of aromatic nitrogens is 2. The van der Waals surface area contributed by atoms with E-state index in [9.17, 15) is 9.59 Å². The van der Waals surface area contributed by atoms with Crippen LogP contribution in [0.4, 0.5) is 0 Å². The van der Waals surface area contributed by atoms with Crippen LogP contribution < -0.4 is 5.32 Å². The first-order valence-corrected chi connectivity index (χ1v) is 6.71. The Morgan fingerprint density at radius 1 is 1.43 bits per heavy atom. The minimum Gasteiger partial charge on any atom is -0.477 e. The van der Waals surface area contributed by atoms with Crippen molar-refractivity contribution < 1.29 is 14.7 Å². The van der Waals surface area contributed by atoms with Crippen molar-refractivity contribution in [2.45, 2.75) is 20.0 Å². The number of carboxylic acids is 1. The van der Waals surface area contributed by atoms with Crippen molar-refractivity contribution in [1.82, 2.24) is 14.9 Å². The predicted molar refractivity (Wildman–Crippen MR) is 77.5 cm³/mol. The number of aryl methyl sites for hydroxylation is 1. The second kappa shape index (κ2) is 6.41. The normalized spacial score (nSPS) is 10.4. The Balaban J connectivity index is 2.02. The molecule has 110 valence electrons. The molecule has 0 aliphatic heterocycles. The molecule has 0 radical (unpaired) electrons. The summed E-state index contributed by atoms with van der Waals surface area (Å²) in [6.07, 6.45) is 3.12. The smallest absolute Gasteiger partial charge is 0.354 e. The number of amides is 1. The van der Waals surface area contributed by atoms with Gasteiger partial charge in [-0.25, -0.2) is 9.78 Å². The summed E-state index contributed by atoms with van der Waals surface area (Å²) in [7, 11) is 0. The van der Waals surface area contributed by atoms with Crippen LogP contribution in [0, 0.1) is 0 Å². The molecule has 0 atom stereocenters. The molecular formula is C14H14ClN3O3. The van der Waals surface area contributed by atoms with E-state index in [0.717, 1.165) is 0 Å². The van der Waals surface area contributed by atoms with Crippen LogP contribution in [0.3, 0.4) is 0 Å². The summed E-state index contributed by atoms with van der Waals surface area (Å²) in [5.41, 5.74) is 1.17. The Hall–Kier alpha value is -2.34. The number of aromatic carboxylic acids is 1. The van der Waals surface area contributed by atoms with Gasteiger partial charge in [-0.15, -0.1) is 0 Å². The van der Waals surface area contributed by atoms with Crippen LogP contribution in [0.15, 0.2) is 30.6 Å². The number of hydrogen-bond donors (Lipinski definition) is 2. The maximum absolute atomic E-state index is 12.1. The molecule has 0 aliphatic carbocycles. The molecule has 1 amide bonds. The fourth-order valence-electron chi connectivity index (χ4n) is 1.86. The lowest BCUT2D eigenvalue weighted by molar-refractivity contribution is 0.0690. The van der Waals surface area contributed by atoms with E-state index in [1.54, 1.807) is 22.9 Å². The fourth-order valence-corrected chi connectivity index (χ4v) is 2.08. The number of carboxylic acid groups (broad SMARTS) is 1. The fraction of sp³-hybridized carbons (Fsp3) is 0.214. The highest BCUT2D eigenvalue weighted by Crippen LogP contribution is 2.14. The van der Waals surface area contributed by atoms with Gasteiger partial charge in [0.25, 0.3) is 5.91 Å². The first kappa shape index (κ1) is 15.1. The van der Waals surface area contributed by atoms with Crippen molar-refractivity contribution in [3.8, 4) is 0 Å². The highest BCUT2D eigenvalue weighted by molar-refractivity contribution is 6.31. The minimum atomic E-state index is -1.08. The van der Waals surface area contributed by atoms with Crippen molar-refractivity contribution in [3.05, 3.63) is 52.6 Å². The van der Waals surface area contributed by atoms with Gasteiger partial charge in [-0.1, -0.05) is 17.7 Å². The third kappa shape index (κ3) is 3.61. The molecule has 0 fully saturated rings. The molecule has 2 N–H and O–H groups in total. The maximum atomic E-state index is 12.1. The molecule has 7 heteroatoms. The number of pyridine rings is 1. The lowest BCUT2D eigenvalue weighted by Gasteiger charge is -2.07. The lowest BCUT2D eigenvalue weighted by atomic mass is 10.2. The zero-order valence-electron chi connectivity index (χ0n) is 11.3. The lowest BCUT2D eigenvalue weighted by Crippen LogP contribution is -2.25. The van der Waals surface area contributed by atoms with E-state index in [1.807, 2.05) is 6.92 Å². The van der Waals surface area contributed by atoms with Gasteiger partial charge in [0.2, 0.25) is 0 Å². The number of carbonyl (C=O) groups excluding carboxylic acids is 1. The van der Waals surface area contributed by atoms with Gasteiger partial charge in [0.05, 0.1) is 5.02 Å². The van der Waals surface area contributed by atoms with Gasteiger partial charge in [-0.2, -0.15) is 0 Å². The largest absolute Gasteiger partial charge is 0.477 e. The summed E-state index contributed by atoms with van der Waals surface area (Å²) in [5, 5.41) is 12.0. The highest BCUT2D eigenvalue weighted by Gasteiger charge is 2.12. The number of carbonyl (C=O) groups is 2. The van der Waals surface area contributed by atoms with E-state index in [4.69, 9.17) is 16.7 Å². The zero-order chi connectivity index (χ0) is 15.4. The topological polar surface area (TPSA) is 84.2 Å². The molecule has 0 bridgehead atoms. The van der Waals surface area contributed by atoms with Gasteiger partial charge in [0.1, 0.15) is 11.4 Å². The van der Waals surface area contributed by atoms with E-state index in [1.165, 1.54) is 12.3 Å². The molecule has 0 saturated carbocycles. The summed E-state index contributed by atoms with van der Waals surface area (Å²) in [5.74, 6) is -1.33. The average molecular weight is 308 g/mol. The molecule has 21 heavy (non-hydrogen) atoms.